The number of rotatable bonds is 9. The second kappa shape index (κ2) is 16.1. The van der Waals surface area contributed by atoms with Gasteiger partial charge in [0.15, 0.2) is 5.75 Å². The third-order valence-corrected chi connectivity index (χ3v) is 8.54. The predicted octanol–water partition coefficient (Wildman–Crippen LogP) is 6.33. The molecule has 6 rings (SSSR count). The predicted molar refractivity (Wildman–Crippen MR) is 203 cm³/mol. The first-order chi connectivity index (χ1) is 25.3. The average molecular weight is 752 g/mol. The number of aryl methyl sites for hydroxylation is 1. The maximum atomic E-state index is 12.3. The Balaban J connectivity index is 0.00000561. The summed E-state index contributed by atoms with van der Waals surface area (Å²) in [5.41, 5.74) is 34.1. The molecule has 0 atom stereocenters. The molecule has 0 saturated carbocycles. The van der Waals surface area contributed by atoms with Crippen LogP contribution in [0, 0.1) is 6.92 Å². The van der Waals surface area contributed by atoms with E-state index in [9.17, 15) is 18.1 Å². The third-order valence-electron chi connectivity index (χ3n) is 7.69. The topological polar surface area (TPSA) is 306 Å². The van der Waals surface area contributed by atoms with Gasteiger partial charge in [-0.25, -0.2) is 8.42 Å². The van der Waals surface area contributed by atoms with Crippen LogP contribution in [0.1, 0.15) is 5.56 Å². The summed E-state index contributed by atoms with van der Waals surface area (Å²) in [6, 6.07) is 25.2. The second-order valence-electron chi connectivity index (χ2n) is 11.5. The summed E-state index contributed by atoms with van der Waals surface area (Å²) in [4.78, 5) is -0.790. The van der Waals surface area contributed by atoms with E-state index in [-0.39, 0.29) is 57.4 Å². The number of nitrogens with two attached hydrogens (primary N) is 5. The number of aromatic hydroxyl groups is 1. The molecule has 0 spiro atoms. The Kier molecular flexibility index (Phi) is 11.6. The number of hydrogen-bond acceptors (Lipinski definition) is 17. The number of hydrogen-bond donors (Lipinski definition) is 6. The summed E-state index contributed by atoms with van der Waals surface area (Å²) < 4.78 is 36.9. The molecule has 0 amide bonds. The van der Waals surface area contributed by atoms with Gasteiger partial charge in [0.05, 0.1) is 50.1 Å². The molecule has 0 aromatic heterocycles. The van der Waals surface area contributed by atoms with Crippen LogP contribution >= 0.6 is 0 Å². The van der Waals surface area contributed by atoms with E-state index in [0.717, 1.165) is 6.07 Å². The number of azo groups is 4. The van der Waals surface area contributed by atoms with Gasteiger partial charge in [0.2, 0.25) is 0 Å². The molecule has 0 fully saturated rings. The van der Waals surface area contributed by atoms with Crippen molar-refractivity contribution in [2.75, 3.05) is 28.7 Å². The zero-order chi connectivity index (χ0) is 37.9. The summed E-state index contributed by atoms with van der Waals surface area (Å²) in [5, 5.41) is 44.6. The molecule has 0 aliphatic carbocycles. The minimum atomic E-state index is -5.13. The van der Waals surface area contributed by atoms with Crippen LogP contribution < -0.4 is 58.2 Å². The fraction of sp³-hybridized carbons (Fsp3) is 0.0286. The van der Waals surface area contributed by atoms with Crippen molar-refractivity contribution in [3.05, 3.63) is 103 Å². The Morgan fingerprint density at radius 3 is 1.37 bits per heavy atom. The van der Waals surface area contributed by atoms with E-state index in [1.807, 2.05) is 0 Å². The van der Waals surface area contributed by atoms with Crippen molar-refractivity contribution < 1.29 is 47.6 Å². The monoisotopic (exact) mass is 751 g/mol. The van der Waals surface area contributed by atoms with Gasteiger partial charge in [0, 0.05) is 11.4 Å². The van der Waals surface area contributed by atoms with Gasteiger partial charge in [-0.1, -0.05) is 0 Å². The van der Waals surface area contributed by atoms with Crippen molar-refractivity contribution in [3.8, 4) is 5.75 Å². The van der Waals surface area contributed by atoms with Crippen molar-refractivity contribution >= 4 is 94.8 Å². The fourth-order valence-corrected chi connectivity index (χ4v) is 5.69. The second-order valence-corrected chi connectivity index (χ2v) is 12.9. The van der Waals surface area contributed by atoms with Crippen LogP contribution in [-0.4, -0.2) is 18.1 Å². The van der Waals surface area contributed by atoms with E-state index >= 15 is 0 Å². The molecular weight excluding hydrogens is 722 g/mol. The smallest absolute Gasteiger partial charge is 0.744 e. The molecule has 0 saturated heterocycles. The maximum Gasteiger partial charge on any atom is 1.00 e. The zero-order valence-corrected chi connectivity index (χ0v) is 31.6. The van der Waals surface area contributed by atoms with Crippen LogP contribution in [0.4, 0.5) is 73.9 Å². The summed E-state index contributed by atoms with van der Waals surface area (Å²) in [6.45, 7) is 1.67. The molecule has 0 radical (unpaired) electrons. The Labute approximate surface area is 330 Å². The normalized spacial score (nSPS) is 12.0. The molecule has 0 aliphatic rings. The van der Waals surface area contributed by atoms with Gasteiger partial charge in [-0.05, 0) is 115 Å². The minimum Gasteiger partial charge on any atom is -0.744 e. The average Bonchev–Trinajstić information content (AvgIpc) is 3.10. The number of nitrogen functional groups attached to an aromatic ring is 5. The molecule has 0 aliphatic heterocycles. The molecule has 19 heteroatoms. The quantitative estimate of drug-likeness (QED) is 0.0415. The number of fused-ring (bicyclic) bond motifs is 1. The SMILES string of the molecule is Cc1cc2cc(S(=O)(=O)[O-])c(N=Nc3ccc(N=Nc4ccc(N)cc4N)cc3)c(O)c2c(N)c1N=Nc1ccc(N=Nc2ccc(N)cc2N)cc1.[Na+]. The number of phenols is 1. The molecule has 54 heavy (non-hydrogen) atoms. The Morgan fingerprint density at radius 2 is 0.963 bits per heavy atom. The summed E-state index contributed by atoms with van der Waals surface area (Å²) >= 11 is 0. The summed E-state index contributed by atoms with van der Waals surface area (Å²) in [7, 11) is -5.13. The van der Waals surface area contributed by atoms with Crippen LogP contribution in [-0.2, 0) is 10.1 Å². The van der Waals surface area contributed by atoms with Crippen LogP contribution in [0.25, 0.3) is 10.8 Å². The molecule has 0 bridgehead atoms. The van der Waals surface area contributed by atoms with E-state index in [2.05, 4.69) is 40.9 Å². The number of benzene rings is 6. The summed E-state index contributed by atoms with van der Waals surface area (Å²) in [5.74, 6) is -0.683. The van der Waals surface area contributed by atoms with E-state index in [1.165, 1.54) is 18.2 Å². The third kappa shape index (κ3) is 8.82. The van der Waals surface area contributed by atoms with E-state index in [4.69, 9.17) is 28.7 Å². The Bertz CT molecular complexity index is 2620. The van der Waals surface area contributed by atoms with Crippen LogP contribution in [0.2, 0.25) is 0 Å². The van der Waals surface area contributed by atoms with Gasteiger partial charge < -0.3 is 38.3 Å². The van der Waals surface area contributed by atoms with Crippen molar-refractivity contribution in [2.24, 2.45) is 40.9 Å². The van der Waals surface area contributed by atoms with Gasteiger partial charge in [-0.3, -0.25) is 0 Å². The van der Waals surface area contributed by atoms with Crippen molar-refractivity contribution in [1.82, 2.24) is 0 Å². The Hall–Kier alpha value is -6.31. The molecule has 266 valence electrons. The van der Waals surface area contributed by atoms with Gasteiger partial charge in [0.1, 0.15) is 32.9 Å². The molecule has 6 aromatic rings. The first-order valence-corrected chi connectivity index (χ1v) is 16.9. The standard InChI is InChI=1S/C35H31N13O4S.Na/c1-18-14-19-15-30(53(50,51)52)34(48-44-25-10-6-23(7-11-25)42-46-29-13-3-21(37)17-27(29)39)35(49)31(19)32(40)33(18)47-43-24-8-4-22(5-9-24)41-45-28-12-2-20(36)16-26(28)38;/h2-17,49H,36-40H2,1H3,(H,50,51,52);/q;+1/p-1. The van der Waals surface area contributed by atoms with Crippen molar-refractivity contribution in [2.45, 2.75) is 11.8 Å². The van der Waals surface area contributed by atoms with Crippen LogP contribution in [0.15, 0.2) is 143 Å². The van der Waals surface area contributed by atoms with Gasteiger partial charge in [-0.2, -0.15) is 20.5 Å². The molecule has 6 aromatic carbocycles. The number of nitrogens with zero attached hydrogens (tertiary/aromatic N) is 8. The van der Waals surface area contributed by atoms with Crippen LogP contribution in [0.3, 0.4) is 0 Å². The fourth-order valence-electron chi connectivity index (χ4n) is 5.04. The first kappa shape index (κ1) is 38.9. The van der Waals surface area contributed by atoms with Gasteiger partial charge in [0.25, 0.3) is 0 Å². The van der Waals surface area contributed by atoms with Crippen LogP contribution in [0.5, 0.6) is 5.75 Å². The number of phenolic OH excluding ortho intramolecular Hbond substituents is 1. The molecule has 17 nitrogen and oxygen atoms in total. The molecular formula is C35H30N13NaO4S. The molecule has 0 heterocycles. The van der Waals surface area contributed by atoms with Crippen molar-refractivity contribution in [1.29, 1.82) is 0 Å². The van der Waals surface area contributed by atoms with Gasteiger partial charge >= 0.3 is 29.6 Å². The molecule has 11 N–H and O–H groups in total. The first-order valence-electron chi connectivity index (χ1n) is 15.5. The van der Waals surface area contributed by atoms with Gasteiger partial charge in [-0.15, -0.1) is 20.5 Å². The van der Waals surface area contributed by atoms with E-state index < -0.39 is 26.5 Å². The van der Waals surface area contributed by atoms with Crippen molar-refractivity contribution in [3.63, 3.8) is 0 Å². The minimum absolute atomic E-state index is 0. The van der Waals surface area contributed by atoms with E-state index in [0.29, 0.717) is 56.7 Å². The van der Waals surface area contributed by atoms with E-state index in [1.54, 1.807) is 79.7 Å². The summed E-state index contributed by atoms with van der Waals surface area (Å²) in [6.07, 6.45) is 0. The Morgan fingerprint density at radius 1 is 0.556 bits per heavy atom. The number of anilines is 5. The maximum absolute atomic E-state index is 12.3. The largest absolute Gasteiger partial charge is 1.00 e. The molecule has 0 unspecified atom stereocenters. The zero-order valence-electron chi connectivity index (χ0n) is 28.8.